The van der Waals surface area contributed by atoms with E-state index in [9.17, 15) is 13.2 Å². The average molecular weight is 408 g/mol. The Morgan fingerprint density at radius 3 is 2.50 bits per heavy atom. The molecule has 0 atom stereocenters. The van der Waals surface area contributed by atoms with Gasteiger partial charge in [-0.3, -0.25) is 0 Å². The highest BCUT2D eigenvalue weighted by atomic mass is 79.9. The Balaban J connectivity index is 2.35. The van der Waals surface area contributed by atoms with Gasteiger partial charge in [-0.25, -0.2) is 17.2 Å². The summed E-state index contributed by atoms with van der Waals surface area (Å²) in [4.78, 5) is 12.4. The molecule has 0 saturated heterocycles. The first-order valence-electron chi connectivity index (χ1n) is 7.24. The van der Waals surface area contributed by atoms with E-state index in [-0.39, 0.29) is 17.2 Å². The van der Waals surface area contributed by atoms with Crippen LogP contribution in [0.15, 0.2) is 64.0 Å². The summed E-state index contributed by atoms with van der Waals surface area (Å²) in [6, 6.07) is 14.7. The number of hydrogen-bond acceptors (Lipinski definition) is 4. The first kappa shape index (κ1) is 16.7. The number of carbonyl (C=O) groups is 1. The molecule has 24 heavy (non-hydrogen) atoms. The highest BCUT2D eigenvalue weighted by Crippen LogP contribution is 2.31. The third-order valence-corrected chi connectivity index (χ3v) is 5.95. The summed E-state index contributed by atoms with van der Waals surface area (Å²) >= 11 is 3.40. The van der Waals surface area contributed by atoms with Crippen molar-refractivity contribution in [2.75, 3.05) is 6.61 Å². The third kappa shape index (κ3) is 2.74. The number of nitrogens with zero attached hydrogens (tertiary/aromatic N) is 1. The van der Waals surface area contributed by atoms with E-state index in [1.807, 2.05) is 0 Å². The Kier molecular flexibility index (Phi) is 4.47. The largest absolute Gasteiger partial charge is 0.461 e. The second kappa shape index (κ2) is 6.41. The maximum absolute atomic E-state index is 13.1. The molecule has 0 fully saturated rings. The van der Waals surface area contributed by atoms with Crippen LogP contribution in [0.5, 0.6) is 0 Å². The molecule has 0 unspecified atom stereocenters. The smallest absolute Gasteiger partial charge is 0.356 e. The van der Waals surface area contributed by atoms with Crippen molar-refractivity contribution in [3.05, 3.63) is 64.8 Å². The van der Waals surface area contributed by atoms with Crippen molar-refractivity contribution in [3.8, 4) is 0 Å². The Hall–Kier alpha value is -2.12. The first-order valence-corrected chi connectivity index (χ1v) is 9.48. The Morgan fingerprint density at radius 2 is 1.83 bits per heavy atom. The molecule has 0 bridgehead atoms. The van der Waals surface area contributed by atoms with Crippen LogP contribution in [0, 0.1) is 0 Å². The molecule has 3 aromatic rings. The van der Waals surface area contributed by atoms with E-state index >= 15 is 0 Å². The number of aromatic nitrogens is 1. The number of rotatable bonds is 4. The minimum atomic E-state index is -3.94. The van der Waals surface area contributed by atoms with Crippen LogP contribution in [0.1, 0.15) is 17.4 Å². The predicted molar refractivity (Wildman–Crippen MR) is 94.6 cm³/mol. The molecule has 3 rings (SSSR count). The highest BCUT2D eigenvalue weighted by Gasteiger charge is 2.27. The van der Waals surface area contributed by atoms with Gasteiger partial charge >= 0.3 is 5.97 Å². The molecule has 124 valence electrons. The SMILES string of the molecule is CCOC(=O)c1cc2c(Br)cccc2n1S(=O)(=O)c1ccccc1. The van der Waals surface area contributed by atoms with Crippen LogP contribution in [0.4, 0.5) is 0 Å². The lowest BCUT2D eigenvalue weighted by molar-refractivity contribution is 0.0518. The molecule has 0 amide bonds. The monoisotopic (exact) mass is 407 g/mol. The molecule has 0 spiro atoms. The van der Waals surface area contributed by atoms with Gasteiger partial charge in [0, 0.05) is 9.86 Å². The molecule has 0 saturated carbocycles. The van der Waals surface area contributed by atoms with E-state index in [1.165, 1.54) is 18.2 Å². The Labute approximate surface area is 148 Å². The van der Waals surface area contributed by atoms with Crippen molar-refractivity contribution < 1.29 is 17.9 Å². The quantitative estimate of drug-likeness (QED) is 0.616. The van der Waals surface area contributed by atoms with Gasteiger partial charge in [0.15, 0.2) is 0 Å². The summed E-state index contributed by atoms with van der Waals surface area (Å²) in [5.41, 5.74) is 0.388. The van der Waals surface area contributed by atoms with Gasteiger partial charge in [0.25, 0.3) is 10.0 Å². The second-order valence-electron chi connectivity index (χ2n) is 5.01. The standard InChI is InChI=1S/C17H14BrNO4S/c1-2-23-17(20)16-11-13-14(18)9-6-10-15(13)19(16)24(21,22)12-7-4-3-5-8-12/h3-11H,2H2,1H3. The number of carbonyl (C=O) groups excluding carboxylic acids is 1. The topological polar surface area (TPSA) is 65.4 Å². The molecular weight excluding hydrogens is 394 g/mol. The molecule has 0 aliphatic rings. The van der Waals surface area contributed by atoms with E-state index in [1.54, 1.807) is 43.3 Å². The highest BCUT2D eigenvalue weighted by molar-refractivity contribution is 9.10. The third-order valence-electron chi connectivity index (χ3n) is 3.51. The lowest BCUT2D eigenvalue weighted by atomic mass is 10.2. The lowest BCUT2D eigenvalue weighted by Crippen LogP contribution is -2.19. The molecule has 5 nitrogen and oxygen atoms in total. The van der Waals surface area contributed by atoms with Crippen LogP contribution >= 0.6 is 15.9 Å². The summed E-state index contributed by atoms with van der Waals surface area (Å²) in [6.45, 7) is 1.83. The van der Waals surface area contributed by atoms with Crippen LogP contribution in [0.3, 0.4) is 0 Å². The van der Waals surface area contributed by atoms with Gasteiger partial charge in [-0.1, -0.05) is 40.2 Å². The molecule has 0 aliphatic heterocycles. The molecule has 0 N–H and O–H groups in total. The number of halogens is 1. The molecule has 0 radical (unpaired) electrons. The summed E-state index contributed by atoms with van der Waals surface area (Å²) in [5.74, 6) is -0.680. The molecule has 1 aromatic heterocycles. The van der Waals surface area contributed by atoms with Gasteiger partial charge < -0.3 is 4.74 Å². The van der Waals surface area contributed by atoms with Crippen LogP contribution in [-0.2, 0) is 14.8 Å². The van der Waals surface area contributed by atoms with Gasteiger partial charge in [-0.15, -0.1) is 0 Å². The summed E-state index contributed by atoms with van der Waals surface area (Å²) in [6.07, 6.45) is 0. The number of benzene rings is 2. The van der Waals surface area contributed by atoms with Crippen LogP contribution in [0.25, 0.3) is 10.9 Å². The zero-order valence-corrected chi connectivity index (χ0v) is 15.2. The van der Waals surface area contributed by atoms with Gasteiger partial charge in [0.05, 0.1) is 17.0 Å². The number of hydrogen-bond donors (Lipinski definition) is 0. The molecule has 0 aliphatic carbocycles. The van der Waals surface area contributed by atoms with Crippen LogP contribution < -0.4 is 0 Å². The number of esters is 1. The van der Waals surface area contributed by atoms with Gasteiger partial charge in [-0.2, -0.15) is 0 Å². The van der Waals surface area contributed by atoms with E-state index in [0.717, 1.165) is 3.97 Å². The van der Waals surface area contributed by atoms with Crippen molar-refractivity contribution >= 4 is 42.8 Å². The van der Waals surface area contributed by atoms with Crippen LogP contribution in [0.2, 0.25) is 0 Å². The number of ether oxygens (including phenoxy) is 1. The second-order valence-corrected chi connectivity index (χ2v) is 7.65. The van der Waals surface area contributed by atoms with E-state index in [4.69, 9.17) is 4.74 Å². The first-order chi connectivity index (χ1) is 11.5. The van der Waals surface area contributed by atoms with Crippen LogP contribution in [-0.4, -0.2) is 25.0 Å². The fraction of sp³-hybridized carbons (Fsp3) is 0.118. The normalized spacial score (nSPS) is 11.6. The molecule has 1 heterocycles. The van der Waals surface area contributed by atoms with Crippen molar-refractivity contribution in [2.24, 2.45) is 0 Å². The molecule has 2 aromatic carbocycles. The Morgan fingerprint density at radius 1 is 1.12 bits per heavy atom. The zero-order valence-electron chi connectivity index (χ0n) is 12.8. The van der Waals surface area contributed by atoms with Crippen molar-refractivity contribution in [1.82, 2.24) is 3.97 Å². The minimum absolute atomic E-state index is 0.0254. The maximum atomic E-state index is 13.1. The average Bonchev–Trinajstić information content (AvgIpc) is 2.98. The van der Waals surface area contributed by atoms with E-state index in [0.29, 0.717) is 15.4 Å². The van der Waals surface area contributed by atoms with Gasteiger partial charge in [0.2, 0.25) is 0 Å². The van der Waals surface area contributed by atoms with Crippen molar-refractivity contribution in [3.63, 3.8) is 0 Å². The van der Waals surface area contributed by atoms with E-state index < -0.39 is 16.0 Å². The fourth-order valence-corrected chi connectivity index (χ4v) is 4.46. The summed E-state index contributed by atoms with van der Waals surface area (Å²) < 4.78 is 33.0. The van der Waals surface area contributed by atoms with E-state index in [2.05, 4.69) is 15.9 Å². The van der Waals surface area contributed by atoms with Gasteiger partial charge in [0.1, 0.15) is 5.69 Å². The lowest BCUT2D eigenvalue weighted by Gasteiger charge is -2.11. The summed E-state index contributed by atoms with van der Waals surface area (Å²) in [7, 11) is -3.94. The molecule has 7 heteroatoms. The van der Waals surface area contributed by atoms with Crippen molar-refractivity contribution in [1.29, 1.82) is 0 Å². The maximum Gasteiger partial charge on any atom is 0.356 e. The minimum Gasteiger partial charge on any atom is -0.461 e. The zero-order chi connectivity index (χ0) is 17.3. The predicted octanol–water partition coefficient (Wildman–Crippen LogP) is 3.82. The number of fused-ring (bicyclic) bond motifs is 1. The fourth-order valence-electron chi connectivity index (χ4n) is 2.47. The summed E-state index contributed by atoms with van der Waals surface area (Å²) in [5, 5.41) is 0.625. The Bertz CT molecular complexity index is 1010. The molecular formula is C17H14BrNO4S. The van der Waals surface area contributed by atoms with Crippen molar-refractivity contribution in [2.45, 2.75) is 11.8 Å². The van der Waals surface area contributed by atoms with Gasteiger partial charge in [-0.05, 0) is 37.3 Å².